The van der Waals surface area contributed by atoms with Crippen LogP contribution >= 0.6 is 0 Å². The van der Waals surface area contributed by atoms with E-state index in [1.165, 1.54) is 25.9 Å². The van der Waals surface area contributed by atoms with E-state index in [1.807, 2.05) is 42.5 Å². The fourth-order valence-electron chi connectivity index (χ4n) is 3.18. The largest absolute Gasteiger partial charge is 0.476 e. The number of ether oxygens (including phenoxy) is 1. The zero-order valence-corrected chi connectivity index (χ0v) is 15.3. The summed E-state index contributed by atoms with van der Waals surface area (Å²) in [6.45, 7) is 4.08. The molecule has 1 aliphatic rings. The molecule has 0 atom stereocenters. The standard InChI is InChI=1S/C22H22N4O/c1-2-8-18(9-3-1)11-12-20-22(25-19-10-6-13-23-21(19)24-20)27-17-7-16-26-14-4-5-15-26/h1-3,6,8-10,13H,4-5,7,14-17H2. The van der Waals surface area contributed by atoms with E-state index in [0.717, 1.165) is 24.0 Å². The van der Waals surface area contributed by atoms with Crippen molar-refractivity contribution < 1.29 is 4.74 Å². The summed E-state index contributed by atoms with van der Waals surface area (Å²) < 4.78 is 5.96. The zero-order valence-electron chi connectivity index (χ0n) is 15.3. The number of rotatable bonds is 5. The topological polar surface area (TPSA) is 51.1 Å². The van der Waals surface area contributed by atoms with Gasteiger partial charge in [0.25, 0.3) is 0 Å². The van der Waals surface area contributed by atoms with Crippen molar-refractivity contribution in [1.29, 1.82) is 0 Å². The van der Waals surface area contributed by atoms with Crippen molar-refractivity contribution in [2.75, 3.05) is 26.2 Å². The summed E-state index contributed by atoms with van der Waals surface area (Å²) in [7, 11) is 0. The van der Waals surface area contributed by atoms with Gasteiger partial charge in [-0.15, -0.1) is 0 Å². The molecule has 0 amide bonds. The second kappa shape index (κ2) is 8.61. The number of hydrogen-bond acceptors (Lipinski definition) is 5. The van der Waals surface area contributed by atoms with Crippen molar-refractivity contribution >= 4 is 11.2 Å². The molecule has 1 fully saturated rings. The molecule has 27 heavy (non-hydrogen) atoms. The summed E-state index contributed by atoms with van der Waals surface area (Å²) in [5, 5.41) is 0. The number of benzene rings is 1. The molecular weight excluding hydrogens is 336 g/mol. The first-order chi connectivity index (χ1) is 13.4. The molecule has 2 aromatic heterocycles. The molecule has 4 rings (SSSR count). The minimum Gasteiger partial charge on any atom is -0.476 e. The SMILES string of the molecule is C(#Cc1nc2ncccc2nc1OCCCN1CCCC1)c1ccccc1. The molecular formula is C22H22N4O. The third kappa shape index (κ3) is 4.60. The van der Waals surface area contributed by atoms with E-state index in [2.05, 4.69) is 31.7 Å². The van der Waals surface area contributed by atoms with Gasteiger partial charge in [-0.2, -0.15) is 0 Å². The molecule has 1 saturated heterocycles. The average Bonchev–Trinajstić information content (AvgIpc) is 3.24. The first-order valence-electron chi connectivity index (χ1n) is 9.43. The van der Waals surface area contributed by atoms with Crippen LogP contribution in [-0.4, -0.2) is 46.1 Å². The lowest BCUT2D eigenvalue weighted by atomic mass is 10.2. The van der Waals surface area contributed by atoms with Crippen LogP contribution in [0.5, 0.6) is 5.88 Å². The normalized spacial score (nSPS) is 14.1. The first-order valence-corrected chi connectivity index (χ1v) is 9.43. The van der Waals surface area contributed by atoms with Gasteiger partial charge >= 0.3 is 0 Å². The van der Waals surface area contributed by atoms with Gasteiger partial charge in [-0.05, 0) is 62.5 Å². The highest BCUT2D eigenvalue weighted by Crippen LogP contribution is 2.17. The third-order valence-corrected chi connectivity index (χ3v) is 4.56. The van der Waals surface area contributed by atoms with Crippen molar-refractivity contribution in [2.24, 2.45) is 0 Å². The quantitative estimate of drug-likeness (QED) is 0.517. The highest BCUT2D eigenvalue weighted by molar-refractivity contribution is 5.71. The van der Waals surface area contributed by atoms with Crippen molar-refractivity contribution in [1.82, 2.24) is 19.9 Å². The van der Waals surface area contributed by atoms with Crippen molar-refractivity contribution in [3.8, 4) is 17.7 Å². The van der Waals surface area contributed by atoms with Gasteiger partial charge < -0.3 is 9.64 Å². The average molecular weight is 358 g/mol. The lowest BCUT2D eigenvalue weighted by molar-refractivity contribution is 0.256. The van der Waals surface area contributed by atoms with E-state index in [9.17, 15) is 0 Å². The molecule has 0 spiro atoms. The Bertz CT molecular complexity index is 956. The lowest BCUT2D eigenvalue weighted by Crippen LogP contribution is -2.22. The zero-order chi connectivity index (χ0) is 18.3. The van der Waals surface area contributed by atoms with E-state index in [0.29, 0.717) is 23.8 Å². The molecule has 0 N–H and O–H groups in total. The third-order valence-electron chi connectivity index (χ3n) is 4.56. The summed E-state index contributed by atoms with van der Waals surface area (Å²) in [5.74, 6) is 6.72. The maximum Gasteiger partial charge on any atom is 0.249 e. The molecule has 5 nitrogen and oxygen atoms in total. The molecule has 0 unspecified atom stereocenters. The van der Waals surface area contributed by atoms with E-state index in [1.54, 1.807) is 6.20 Å². The molecule has 0 aliphatic carbocycles. The Hall–Kier alpha value is -2.97. The molecule has 3 aromatic rings. The van der Waals surface area contributed by atoms with Gasteiger partial charge in [0.15, 0.2) is 11.3 Å². The number of hydrogen-bond donors (Lipinski definition) is 0. The fourth-order valence-corrected chi connectivity index (χ4v) is 3.18. The van der Waals surface area contributed by atoms with Crippen LogP contribution in [0, 0.1) is 11.8 Å². The highest BCUT2D eigenvalue weighted by atomic mass is 16.5. The lowest BCUT2D eigenvalue weighted by Gasteiger charge is -2.14. The second-order valence-electron chi connectivity index (χ2n) is 6.59. The van der Waals surface area contributed by atoms with Gasteiger partial charge in [-0.25, -0.2) is 15.0 Å². The van der Waals surface area contributed by atoms with Crippen molar-refractivity contribution in [2.45, 2.75) is 19.3 Å². The van der Waals surface area contributed by atoms with Crippen molar-refractivity contribution in [3.63, 3.8) is 0 Å². The van der Waals surface area contributed by atoms with Gasteiger partial charge in [-0.1, -0.05) is 24.1 Å². The van der Waals surface area contributed by atoms with Gasteiger partial charge in [0.05, 0.1) is 6.61 Å². The molecule has 0 saturated carbocycles. The van der Waals surface area contributed by atoms with E-state index in [4.69, 9.17) is 4.74 Å². The smallest absolute Gasteiger partial charge is 0.249 e. The Labute approximate surface area is 159 Å². The van der Waals surface area contributed by atoms with Crippen LogP contribution in [0.4, 0.5) is 0 Å². The minimum absolute atomic E-state index is 0.486. The number of likely N-dealkylation sites (tertiary alicyclic amines) is 1. The number of pyridine rings is 1. The van der Waals surface area contributed by atoms with E-state index >= 15 is 0 Å². The number of aromatic nitrogens is 3. The predicted molar refractivity (Wildman–Crippen MR) is 106 cm³/mol. The summed E-state index contributed by atoms with van der Waals surface area (Å²) in [5.41, 5.74) is 2.77. The van der Waals surface area contributed by atoms with Crippen LogP contribution in [0.15, 0.2) is 48.7 Å². The minimum atomic E-state index is 0.486. The van der Waals surface area contributed by atoms with Gasteiger partial charge in [-0.3, -0.25) is 0 Å². The highest BCUT2D eigenvalue weighted by Gasteiger charge is 2.12. The summed E-state index contributed by atoms with van der Waals surface area (Å²) in [6, 6.07) is 13.6. The van der Waals surface area contributed by atoms with Crippen LogP contribution in [0.1, 0.15) is 30.5 Å². The number of fused-ring (bicyclic) bond motifs is 1. The van der Waals surface area contributed by atoms with Crippen LogP contribution in [0.25, 0.3) is 11.2 Å². The molecule has 1 aromatic carbocycles. The van der Waals surface area contributed by atoms with E-state index in [-0.39, 0.29) is 0 Å². The molecule has 136 valence electrons. The maximum atomic E-state index is 5.96. The van der Waals surface area contributed by atoms with Crippen LogP contribution in [0.3, 0.4) is 0 Å². The Balaban J connectivity index is 1.52. The van der Waals surface area contributed by atoms with Crippen LogP contribution < -0.4 is 4.74 Å². The summed E-state index contributed by atoms with van der Waals surface area (Å²) in [4.78, 5) is 15.9. The maximum absolute atomic E-state index is 5.96. The molecule has 1 aliphatic heterocycles. The Morgan fingerprint density at radius 2 is 1.81 bits per heavy atom. The van der Waals surface area contributed by atoms with Gasteiger partial charge in [0.1, 0.15) is 5.52 Å². The Kier molecular flexibility index (Phi) is 5.56. The van der Waals surface area contributed by atoms with Crippen LogP contribution in [0.2, 0.25) is 0 Å². The van der Waals surface area contributed by atoms with Crippen LogP contribution in [-0.2, 0) is 0 Å². The second-order valence-corrected chi connectivity index (χ2v) is 6.59. The first kappa shape index (κ1) is 17.4. The number of nitrogens with zero attached hydrogens (tertiary/aromatic N) is 4. The molecule has 0 bridgehead atoms. The van der Waals surface area contributed by atoms with Crippen molar-refractivity contribution in [3.05, 3.63) is 59.9 Å². The Morgan fingerprint density at radius 1 is 0.963 bits per heavy atom. The van der Waals surface area contributed by atoms with Gasteiger partial charge in [0.2, 0.25) is 5.88 Å². The molecule has 5 heteroatoms. The monoisotopic (exact) mass is 358 g/mol. The fraction of sp³-hybridized carbons (Fsp3) is 0.318. The summed E-state index contributed by atoms with van der Waals surface area (Å²) in [6.07, 6.45) is 5.30. The van der Waals surface area contributed by atoms with Gasteiger partial charge in [0, 0.05) is 18.3 Å². The molecule has 3 heterocycles. The predicted octanol–water partition coefficient (Wildman–Crippen LogP) is 3.29. The van der Waals surface area contributed by atoms with E-state index < -0.39 is 0 Å². The Morgan fingerprint density at radius 3 is 2.67 bits per heavy atom. The summed E-state index contributed by atoms with van der Waals surface area (Å²) >= 11 is 0. The molecule has 0 radical (unpaired) electrons.